The molecule has 0 radical (unpaired) electrons. The van der Waals surface area contributed by atoms with Crippen molar-refractivity contribution in [3.05, 3.63) is 47.7 Å². The van der Waals surface area contributed by atoms with Crippen LogP contribution < -0.4 is 0 Å². The summed E-state index contributed by atoms with van der Waals surface area (Å²) in [4.78, 5) is 25.8. The molecule has 0 saturated carbocycles. The molecule has 2 heterocycles. The molecule has 1 amide bonds. The summed E-state index contributed by atoms with van der Waals surface area (Å²) in [6, 6.07) is 9.26. The molecule has 0 spiro atoms. The number of fused-ring (bicyclic) bond motifs is 1. The topological polar surface area (TPSA) is 66.8 Å². The Morgan fingerprint density at radius 2 is 2.05 bits per heavy atom. The second kappa shape index (κ2) is 5.25. The first-order valence-electron chi connectivity index (χ1n) is 7.36. The SMILES string of the molecule is CC(C)(O)C1C(=O)N2C(C(=O)OCc3ccccc3)=CCC12. The van der Waals surface area contributed by atoms with Crippen LogP contribution in [-0.4, -0.2) is 33.5 Å². The molecule has 2 aliphatic rings. The van der Waals surface area contributed by atoms with Crippen LogP contribution in [0.25, 0.3) is 0 Å². The molecule has 1 aromatic carbocycles. The zero-order chi connectivity index (χ0) is 15.9. The fourth-order valence-electron chi connectivity index (χ4n) is 3.17. The van der Waals surface area contributed by atoms with Crippen LogP contribution in [-0.2, 0) is 20.9 Å². The van der Waals surface area contributed by atoms with Crippen LogP contribution in [0.5, 0.6) is 0 Å². The maximum absolute atomic E-state index is 12.2. The number of aliphatic hydroxyl groups is 1. The standard InChI is InChI=1S/C17H19NO4/c1-17(2,21)14-12-8-9-13(18(12)15(14)19)16(20)22-10-11-6-4-3-5-7-11/h3-7,9,12,14,21H,8,10H2,1-2H3. The van der Waals surface area contributed by atoms with Gasteiger partial charge in [-0.1, -0.05) is 36.4 Å². The summed E-state index contributed by atoms with van der Waals surface area (Å²) in [6.07, 6.45) is 2.30. The third-order valence-corrected chi connectivity index (χ3v) is 4.22. The van der Waals surface area contributed by atoms with Gasteiger partial charge in [-0.05, 0) is 25.8 Å². The minimum atomic E-state index is -1.07. The van der Waals surface area contributed by atoms with Crippen LogP contribution in [0.1, 0.15) is 25.8 Å². The maximum atomic E-state index is 12.2. The van der Waals surface area contributed by atoms with Crippen LogP contribution in [0.2, 0.25) is 0 Å². The lowest BCUT2D eigenvalue weighted by atomic mass is 9.76. The number of benzene rings is 1. The van der Waals surface area contributed by atoms with E-state index in [1.165, 1.54) is 4.90 Å². The quantitative estimate of drug-likeness (QED) is 0.678. The van der Waals surface area contributed by atoms with E-state index in [2.05, 4.69) is 0 Å². The molecule has 5 nitrogen and oxygen atoms in total. The molecule has 0 bridgehead atoms. The highest BCUT2D eigenvalue weighted by Crippen LogP contribution is 2.43. The highest BCUT2D eigenvalue weighted by atomic mass is 16.5. The normalized spacial score (nSPS) is 23.7. The van der Waals surface area contributed by atoms with E-state index in [4.69, 9.17) is 4.74 Å². The number of hydrogen-bond donors (Lipinski definition) is 1. The Labute approximate surface area is 129 Å². The van der Waals surface area contributed by atoms with Crippen molar-refractivity contribution >= 4 is 11.9 Å². The predicted molar refractivity (Wildman–Crippen MR) is 79.4 cm³/mol. The van der Waals surface area contributed by atoms with Gasteiger partial charge < -0.3 is 14.7 Å². The number of rotatable bonds is 4. The number of carbonyl (C=O) groups excluding carboxylic acids is 2. The molecule has 1 aromatic rings. The van der Waals surface area contributed by atoms with Crippen LogP contribution in [0, 0.1) is 5.92 Å². The Hall–Kier alpha value is -2.14. The fraction of sp³-hybridized carbons (Fsp3) is 0.412. The Balaban J connectivity index is 1.63. The van der Waals surface area contributed by atoms with E-state index in [-0.39, 0.29) is 18.6 Å². The van der Waals surface area contributed by atoms with E-state index in [9.17, 15) is 14.7 Å². The minimum absolute atomic E-state index is 0.133. The lowest BCUT2D eigenvalue weighted by Gasteiger charge is -2.48. The number of carbonyl (C=O) groups is 2. The number of amides is 1. The predicted octanol–water partition coefficient (Wildman–Crippen LogP) is 1.62. The van der Waals surface area contributed by atoms with Crippen molar-refractivity contribution in [2.45, 2.75) is 38.5 Å². The summed E-state index contributed by atoms with van der Waals surface area (Å²) in [5.41, 5.74) is 0.122. The lowest BCUT2D eigenvalue weighted by molar-refractivity contribution is -0.170. The molecular formula is C17H19NO4. The number of esters is 1. The minimum Gasteiger partial charge on any atom is -0.456 e. The van der Waals surface area contributed by atoms with Gasteiger partial charge in [0.1, 0.15) is 12.3 Å². The van der Waals surface area contributed by atoms with Crippen LogP contribution >= 0.6 is 0 Å². The van der Waals surface area contributed by atoms with Crippen molar-refractivity contribution in [1.82, 2.24) is 4.90 Å². The van der Waals surface area contributed by atoms with Gasteiger partial charge >= 0.3 is 5.97 Å². The molecule has 22 heavy (non-hydrogen) atoms. The number of β-lactam (4-membered cyclic amide) rings is 1. The summed E-state index contributed by atoms with van der Waals surface area (Å²) in [7, 11) is 0. The molecule has 0 aliphatic carbocycles. The number of hydrogen-bond acceptors (Lipinski definition) is 4. The van der Waals surface area contributed by atoms with Gasteiger partial charge in [0.2, 0.25) is 5.91 Å². The molecule has 0 aromatic heterocycles. The maximum Gasteiger partial charge on any atom is 0.355 e. The molecule has 1 saturated heterocycles. The van der Waals surface area contributed by atoms with E-state index in [0.29, 0.717) is 12.1 Å². The largest absolute Gasteiger partial charge is 0.456 e. The van der Waals surface area contributed by atoms with E-state index >= 15 is 0 Å². The zero-order valence-electron chi connectivity index (χ0n) is 12.7. The third kappa shape index (κ3) is 2.41. The van der Waals surface area contributed by atoms with E-state index < -0.39 is 17.5 Å². The monoisotopic (exact) mass is 301 g/mol. The average Bonchev–Trinajstić information content (AvgIpc) is 2.83. The van der Waals surface area contributed by atoms with Crippen LogP contribution in [0.4, 0.5) is 0 Å². The van der Waals surface area contributed by atoms with Gasteiger partial charge in [-0.3, -0.25) is 4.79 Å². The van der Waals surface area contributed by atoms with Crippen molar-refractivity contribution in [1.29, 1.82) is 0 Å². The van der Waals surface area contributed by atoms with Crippen molar-refractivity contribution in [3.63, 3.8) is 0 Å². The van der Waals surface area contributed by atoms with E-state index in [1.807, 2.05) is 30.3 Å². The number of nitrogens with zero attached hydrogens (tertiary/aromatic N) is 1. The Morgan fingerprint density at radius 1 is 1.36 bits per heavy atom. The molecule has 2 unspecified atom stereocenters. The van der Waals surface area contributed by atoms with Crippen molar-refractivity contribution in [2.24, 2.45) is 5.92 Å². The summed E-state index contributed by atoms with van der Waals surface area (Å²) < 4.78 is 5.27. The van der Waals surface area contributed by atoms with Gasteiger partial charge in [-0.25, -0.2) is 4.79 Å². The summed E-state index contributed by atoms with van der Waals surface area (Å²) in [5.74, 6) is -1.16. The summed E-state index contributed by atoms with van der Waals surface area (Å²) in [6.45, 7) is 3.43. The first kappa shape index (κ1) is 14.8. The fourth-order valence-corrected chi connectivity index (χ4v) is 3.17. The molecule has 1 N–H and O–H groups in total. The van der Waals surface area contributed by atoms with Crippen molar-refractivity contribution in [2.75, 3.05) is 0 Å². The van der Waals surface area contributed by atoms with Gasteiger partial charge in [-0.15, -0.1) is 0 Å². The van der Waals surface area contributed by atoms with Crippen LogP contribution in [0.3, 0.4) is 0 Å². The second-order valence-electron chi connectivity index (χ2n) is 6.29. The van der Waals surface area contributed by atoms with Gasteiger partial charge in [0.25, 0.3) is 0 Å². The molecule has 2 aliphatic heterocycles. The van der Waals surface area contributed by atoms with Crippen LogP contribution in [0.15, 0.2) is 42.1 Å². The number of ether oxygens (including phenoxy) is 1. The molecule has 5 heteroatoms. The Morgan fingerprint density at radius 3 is 2.68 bits per heavy atom. The zero-order valence-corrected chi connectivity index (χ0v) is 12.7. The van der Waals surface area contributed by atoms with Crippen molar-refractivity contribution in [3.8, 4) is 0 Å². The van der Waals surface area contributed by atoms with E-state index in [1.54, 1.807) is 19.9 Å². The first-order chi connectivity index (χ1) is 10.4. The molecular weight excluding hydrogens is 282 g/mol. The second-order valence-corrected chi connectivity index (χ2v) is 6.29. The molecule has 116 valence electrons. The summed E-state index contributed by atoms with van der Waals surface area (Å²) in [5, 5.41) is 10.0. The highest BCUT2D eigenvalue weighted by molar-refractivity contribution is 5.99. The first-order valence-corrected chi connectivity index (χ1v) is 7.36. The molecule has 1 fully saturated rings. The third-order valence-electron chi connectivity index (χ3n) is 4.22. The van der Waals surface area contributed by atoms with Crippen molar-refractivity contribution < 1.29 is 19.4 Å². The van der Waals surface area contributed by atoms with Gasteiger partial charge in [0.15, 0.2) is 0 Å². The van der Waals surface area contributed by atoms with E-state index in [0.717, 1.165) is 5.56 Å². The molecule has 3 rings (SSSR count). The average molecular weight is 301 g/mol. The van der Waals surface area contributed by atoms with Gasteiger partial charge in [0.05, 0.1) is 17.6 Å². The molecule has 2 atom stereocenters. The Bertz CT molecular complexity index is 630. The Kier molecular flexibility index (Phi) is 3.53. The lowest BCUT2D eigenvalue weighted by Crippen LogP contribution is -2.65. The van der Waals surface area contributed by atoms with Gasteiger partial charge in [-0.2, -0.15) is 0 Å². The van der Waals surface area contributed by atoms with Gasteiger partial charge in [0, 0.05) is 0 Å². The smallest absolute Gasteiger partial charge is 0.355 e. The summed E-state index contributed by atoms with van der Waals surface area (Å²) >= 11 is 0. The highest BCUT2D eigenvalue weighted by Gasteiger charge is 2.57.